The summed E-state index contributed by atoms with van der Waals surface area (Å²) < 4.78 is 6.98. The SMILES string of the molecule is C=CCn1cnc2oc(C)c(C(=O)NCCc3c(C)[nH]c4c(C)cc(C)cc34)c2c1=O. The molecule has 0 bridgehead atoms. The number of nitrogens with one attached hydrogen (secondary N) is 2. The van der Waals surface area contributed by atoms with Crippen molar-refractivity contribution in [1.82, 2.24) is 19.9 Å². The van der Waals surface area contributed by atoms with Gasteiger partial charge in [0.15, 0.2) is 0 Å². The van der Waals surface area contributed by atoms with E-state index in [0.29, 0.717) is 25.3 Å². The van der Waals surface area contributed by atoms with Gasteiger partial charge in [-0.15, -0.1) is 6.58 Å². The molecule has 3 heterocycles. The fourth-order valence-corrected chi connectivity index (χ4v) is 4.23. The number of carbonyl (C=O) groups excluding carboxylic acids is 1. The molecule has 0 saturated carbocycles. The molecule has 0 saturated heterocycles. The second kappa shape index (κ2) is 7.91. The molecule has 2 N–H and O–H groups in total. The molecule has 0 aliphatic heterocycles. The molecule has 0 radical (unpaired) electrons. The number of benzene rings is 1. The first kappa shape index (κ1) is 20.7. The monoisotopic (exact) mass is 418 g/mol. The summed E-state index contributed by atoms with van der Waals surface area (Å²) in [6.45, 7) is 12.3. The van der Waals surface area contributed by atoms with E-state index >= 15 is 0 Å². The van der Waals surface area contributed by atoms with Crippen LogP contribution in [0.3, 0.4) is 0 Å². The van der Waals surface area contributed by atoms with Crippen molar-refractivity contribution in [3.05, 3.63) is 75.2 Å². The number of furan rings is 1. The van der Waals surface area contributed by atoms with Crippen molar-refractivity contribution < 1.29 is 9.21 Å². The van der Waals surface area contributed by atoms with E-state index in [2.05, 4.69) is 47.8 Å². The fourth-order valence-electron chi connectivity index (χ4n) is 4.23. The number of aryl methyl sites for hydroxylation is 4. The van der Waals surface area contributed by atoms with Gasteiger partial charge in [-0.1, -0.05) is 17.7 Å². The Morgan fingerprint density at radius 1 is 1.29 bits per heavy atom. The summed E-state index contributed by atoms with van der Waals surface area (Å²) in [7, 11) is 0. The number of carbonyl (C=O) groups is 1. The normalized spacial score (nSPS) is 11.4. The highest BCUT2D eigenvalue weighted by Crippen LogP contribution is 2.27. The van der Waals surface area contributed by atoms with Crippen LogP contribution in [0.1, 0.15) is 38.5 Å². The van der Waals surface area contributed by atoms with Gasteiger partial charge in [0.2, 0.25) is 5.71 Å². The molecule has 160 valence electrons. The van der Waals surface area contributed by atoms with E-state index in [-0.39, 0.29) is 28.1 Å². The van der Waals surface area contributed by atoms with Gasteiger partial charge in [-0.05, 0) is 51.3 Å². The third-order valence-corrected chi connectivity index (χ3v) is 5.64. The van der Waals surface area contributed by atoms with Gasteiger partial charge in [-0.25, -0.2) is 4.98 Å². The molecular weight excluding hydrogens is 392 g/mol. The quantitative estimate of drug-likeness (QED) is 0.465. The van der Waals surface area contributed by atoms with Crippen LogP contribution in [-0.2, 0) is 13.0 Å². The van der Waals surface area contributed by atoms with Crippen molar-refractivity contribution in [3.63, 3.8) is 0 Å². The first-order valence-corrected chi connectivity index (χ1v) is 10.3. The number of aromatic nitrogens is 3. The summed E-state index contributed by atoms with van der Waals surface area (Å²) in [5, 5.41) is 4.34. The summed E-state index contributed by atoms with van der Waals surface area (Å²) in [4.78, 5) is 33.4. The number of hydrogen-bond acceptors (Lipinski definition) is 4. The first-order chi connectivity index (χ1) is 14.8. The van der Waals surface area contributed by atoms with Crippen molar-refractivity contribution in [2.45, 2.75) is 40.7 Å². The number of fused-ring (bicyclic) bond motifs is 2. The minimum absolute atomic E-state index is 0.173. The van der Waals surface area contributed by atoms with Crippen molar-refractivity contribution in [2.24, 2.45) is 0 Å². The Hall–Kier alpha value is -3.61. The highest BCUT2D eigenvalue weighted by Gasteiger charge is 2.22. The number of rotatable bonds is 6. The van der Waals surface area contributed by atoms with E-state index in [1.54, 1.807) is 13.0 Å². The molecule has 0 fully saturated rings. The lowest BCUT2D eigenvalue weighted by molar-refractivity contribution is 0.0954. The molecule has 3 aromatic heterocycles. The Bertz CT molecular complexity index is 1390. The maximum atomic E-state index is 13.0. The molecule has 1 aromatic carbocycles. The zero-order valence-corrected chi connectivity index (χ0v) is 18.3. The molecule has 31 heavy (non-hydrogen) atoms. The number of H-pyrrole nitrogens is 1. The van der Waals surface area contributed by atoms with Gasteiger partial charge in [0.25, 0.3) is 11.5 Å². The smallest absolute Gasteiger partial charge is 0.265 e. The van der Waals surface area contributed by atoms with Crippen molar-refractivity contribution in [1.29, 1.82) is 0 Å². The van der Waals surface area contributed by atoms with Gasteiger partial charge in [-0.3, -0.25) is 14.2 Å². The lowest BCUT2D eigenvalue weighted by Crippen LogP contribution is -2.28. The Morgan fingerprint density at radius 2 is 2.06 bits per heavy atom. The van der Waals surface area contributed by atoms with E-state index in [9.17, 15) is 9.59 Å². The van der Waals surface area contributed by atoms with Crippen LogP contribution in [0.15, 0.2) is 40.3 Å². The van der Waals surface area contributed by atoms with E-state index in [0.717, 1.165) is 11.2 Å². The third-order valence-electron chi connectivity index (χ3n) is 5.64. The van der Waals surface area contributed by atoms with Gasteiger partial charge in [0, 0.05) is 29.7 Å². The van der Waals surface area contributed by atoms with Crippen LogP contribution in [-0.4, -0.2) is 27.0 Å². The van der Waals surface area contributed by atoms with Crippen molar-refractivity contribution in [2.75, 3.05) is 6.54 Å². The fraction of sp³-hybridized carbons (Fsp3) is 0.292. The largest absolute Gasteiger partial charge is 0.442 e. The summed E-state index contributed by atoms with van der Waals surface area (Å²) >= 11 is 0. The molecule has 7 heteroatoms. The molecule has 0 aliphatic rings. The van der Waals surface area contributed by atoms with E-state index in [1.165, 1.54) is 33.0 Å². The van der Waals surface area contributed by atoms with Crippen molar-refractivity contribution >= 4 is 27.9 Å². The van der Waals surface area contributed by atoms with Gasteiger partial charge in [0.1, 0.15) is 17.5 Å². The molecule has 0 atom stereocenters. The summed E-state index contributed by atoms with van der Waals surface area (Å²) in [6.07, 6.45) is 3.68. The topological polar surface area (TPSA) is 92.9 Å². The lowest BCUT2D eigenvalue weighted by Gasteiger charge is -2.07. The maximum absolute atomic E-state index is 13.0. The maximum Gasteiger partial charge on any atom is 0.265 e. The van der Waals surface area contributed by atoms with Crippen LogP contribution in [0.4, 0.5) is 0 Å². The molecule has 0 aliphatic carbocycles. The summed E-state index contributed by atoms with van der Waals surface area (Å²) in [5.41, 5.74) is 5.93. The van der Waals surface area contributed by atoms with Crippen LogP contribution in [0, 0.1) is 27.7 Å². The molecule has 0 spiro atoms. The predicted molar refractivity (Wildman–Crippen MR) is 122 cm³/mol. The average molecular weight is 418 g/mol. The van der Waals surface area contributed by atoms with Crippen LogP contribution >= 0.6 is 0 Å². The van der Waals surface area contributed by atoms with E-state index in [4.69, 9.17) is 4.42 Å². The van der Waals surface area contributed by atoms with Gasteiger partial charge in [0.05, 0.1) is 5.56 Å². The van der Waals surface area contributed by atoms with Crippen LogP contribution in [0.25, 0.3) is 22.0 Å². The van der Waals surface area contributed by atoms with Crippen LogP contribution in [0.2, 0.25) is 0 Å². The summed E-state index contributed by atoms with van der Waals surface area (Å²) in [5.74, 6) is 0.0411. The minimum atomic E-state index is -0.337. The van der Waals surface area contributed by atoms with Crippen LogP contribution in [0.5, 0.6) is 0 Å². The lowest BCUT2D eigenvalue weighted by atomic mass is 10.0. The Balaban J connectivity index is 1.60. The molecule has 4 aromatic rings. The van der Waals surface area contributed by atoms with E-state index in [1.807, 2.05) is 6.92 Å². The highest BCUT2D eigenvalue weighted by molar-refractivity contribution is 6.06. The molecule has 4 rings (SSSR count). The first-order valence-electron chi connectivity index (χ1n) is 10.3. The molecule has 1 amide bonds. The Kier molecular flexibility index (Phi) is 5.27. The third kappa shape index (κ3) is 3.56. The van der Waals surface area contributed by atoms with Gasteiger partial charge < -0.3 is 14.7 Å². The number of amides is 1. The van der Waals surface area contributed by atoms with Crippen LogP contribution < -0.4 is 10.9 Å². The Morgan fingerprint density at radius 3 is 2.81 bits per heavy atom. The van der Waals surface area contributed by atoms with Crippen molar-refractivity contribution in [3.8, 4) is 0 Å². The number of aromatic amines is 1. The molecule has 0 unspecified atom stereocenters. The van der Waals surface area contributed by atoms with E-state index < -0.39 is 0 Å². The zero-order chi connectivity index (χ0) is 22.3. The zero-order valence-electron chi connectivity index (χ0n) is 18.3. The molecular formula is C24H26N4O3. The Labute approximate surface area is 179 Å². The average Bonchev–Trinajstić information content (AvgIpc) is 3.21. The molecule has 7 nitrogen and oxygen atoms in total. The standard InChI is InChI=1S/C24H26N4O3/c1-6-9-28-12-26-23-20(24(28)30)19(16(5)31-23)22(29)25-8-7-17-15(4)27-21-14(3)10-13(2)11-18(17)21/h6,10-12,27H,1,7-9H2,2-5H3,(H,25,29). The van der Waals surface area contributed by atoms with Gasteiger partial charge in [-0.2, -0.15) is 0 Å². The highest BCUT2D eigenvalue weighted by atomic mass is 16.3. The second-order valence-electron chi connectivity index (χ2n) is 7.94. The van der Waals surface area contributed by atoms with Gasteiger partial charge >= 0.3 is 0 Å². The predicted octanol–water partition coefficient (Wildman–Crippen LogP) is 3.86. The number of allylic oxidation sites excluding steroid dienone is 1. The number of hydrogen-bond donors (Lipinski definition) is 2. The summed E-state index contributed by atoms with van der Waals surface area (Å²) in [6, 6.07) is 4.33. The number of nitrogens with zero attached hydrogens (tertiary/aromatic N) is 2. The minimum Gasteiger partial charge on any atom is -0.442 e. The second-order valence-corrected chi connectivity index (χ2v) is 7.94.